The highest BCUT2D eigenvalue weighted by Crippen LogP contribution is 2.04. The third-order valence-electron chi connectivity index (χ3n) is 4.41. The molecular formula is C20H27N5O8. The number of benzene rings is 1. The van der Waals surface area contributed by atoms with E-state index in [1.54, 1.807) is 30.3 Å². The molecule has 4 amide bonds. The largest absolute Gasteiger partial charge is 0.481 e. The smallest absolute Gasteiger partial charge is 0.325 e. The zero-order chi connectivity index (χ0) is 25.1. The Kier molecular flexibility index (Phi) is 10.5. The second kappa shape index (κ2) is 12.8. The van der Waals surface area contributed by atoms with Gasteiger partial charge in [0.15, 0.2) is 0 Å². The van der Waals surface area contributed by atoms with Crippen molar-refractivity contribution in [3.63, 3.8) is 0 Å². The van der Waals surface area contributed by atoms with Gasteiger partial charge in [-0.25, -0.2) is 0 Å². The molecule has 13 heteroatoms. The highest BCUT2D eigenvalue weighted by Gasteiger charge is 2.31. The first kappa shape index (κ1) is 27.0. The van der Waals surface area contributed by atoms with Gasteiger partial charge in [0.05, 0.1) is 18.9 Å². The second-order valence-corrected chi connectivity index (χ2v) is 7.26. The van der Waals surface area contributed by atoms with Crippen molar-refractivity contribution >= 4 is 35.6 Å². The van der Waals surface area contributed by atoms with Crippen LogP contribution in [0.1, 0.15) is 25.3 Å². The average Bonchev–Trinajstić information content (AvgIpc) is 2.72. The van der Waals surface area contributed by atoms with E-state index in [-0.39, 0.29) is 6.42 Å². The van der Waals surface area contributed by atoms with Crippen LogP contribution in [0.3, 0.4) is 0 Å². The lowest BCUT2D eigenvalue weighted by Crippen LogP contribution is -2.58. The molecule has 0 radical (unpaired) electrons. The SMILES string of the molecule is CC(NC(=O)C(CC(=O)O)NC(=O)C(CC(N)=O)NC(=O)C(N)Cc1ccccc1)C(=O)O. The number of primary amides is 1. The van der Waals surface area contributed by atoms with Gasteiger partial charge < -0.3 is 37.6 Å². The lowest BCUT2D eigenvalue weighted by atomic mass is 10.0. The Labute approximate surface area is 188 Å². The van der Waals surface area contributed by atoms with E-state index in [0.717, 1.165) is 12.5 Å². The molecule has 4 unspecified atom stereocenters. The molecule has 1 aromatic carbocycles. The van der Waals surface area contributed by atoms with Crippen LogP contribution < -0.4 is 27.4 Å². The van der Waals surface area contributed by atoms with Crippen molar-refractivity contribution in [3.05, 3.63) is 35.9 Å². The number of rotatable bonds is 13. The van der Waals surface area contributed by atoms with Gasteiger partial charge in [-0.05, 0) is 18.9 Å². The van der Waals surface area contributed by atoms with Gasteiger partial charge in [-0.15, -0.1) is 0 Å². The molecular weight excluding hydrogens is 438 g/mol. The zero-order valence-corrected chi connectivity index (χ0v) is 17.8. The fraction of sp³-hybridized carbons (Fsp3) is 0.400. The summed E-state index contributed by atoms with van der Waals surface area (Å²) in [5, 5.41) is 24.3. The normalized spacial score (nSPS) is 14.1. The molecule has 33 heavy (non-hydrogen) atoms. The molecule has 0 saturated heterocycles. The Morgan fingerprint density at radius 2 is 1.36 bits per heavy atom. The third-order valence-corrected chi connectivity index (χ3v) is 4.41. The van der Waals surface area contributed by atoms with Crippen molar-refractivity contribution in [2.45, 2.75) is 50.4 Å². The highest BCUT2D eigenvalue weighted by atomic mass is 16.4. The molecule has 0 aliphatic heterocycles. The van der Waals surface area contributed by atoms with E-state index in [2.05, 4.69) is 10.6 Å². The van der Waals surface area contributed by atoms with Crippen LogP contribution >= 0.6 is 0 Å². The van der Waals surface area contributed by atoms with Gasteiger partial charge in [-0.2, -0.15) is 0 Å². The lowest BCUT2D eigenvalue weighted by molar-refractivity contribution is -0.143. The molecule has 0 aliphatic carbocycles. The van der Waals surface area contributed by atoms with Gasteiger partial charge in [0.2, 0.25) is 23.6 Å². The minimum atomic E-state index is -1.68. The second-order valence-electron chi connectivity index (χ2n) is 7.26. The van der Waals surface area contributed by atoms with Crippen LogP contribution in [0, 0.1) is 0 Å². The lowest BCUT2D eigenvalue weighted by Gasteiger charge is -2.23. The molecule has 0 aromatic heterocycles. The van der Waals surface area contributed by atoms with Crippen molar-refractivity contribution in [2.24, 2.45) is 11.5 Å². The molecule has 4 atom stereocenters. The van der Waals surface area contributed by atoms with Gasteiger partial charge in [0.1, 0.15) is 18.1 Å². The Hall–Kier alpha value is -4.00. The monoisotopic (exact) mass is 465 g/mol. The van der Waals surface area contributed by atoms with Crippen molar-refractivity contribution in [1.82, 2.24) is 16.0 Å². The van der Waals surface area contributed by atoms with Crippen LogP contribution in [-0.2, 0) is 35.2 Å². The van der Waals surface area contributed by atoms with Crippen LogP contribution in [0.4, 0.5) is 0 Å². The maximum atomic E-state index is 12.6. The number of nitrogens with two attached hydrogens (primary N) is 2. The van der Waals surface area contributed by atoms with Crippen molar-refractivity contribution in [1.29, 1.82) is 0 Å². The van der Waals surface area contributed by atoms with Gasteiger partial charge in [0.25, 0.3) is 0 Å². The molecule has 13 nitrogen and oxygen atoms in total. The minimum Gasteiger partial charge on any atom is -0.481 e. The quantitative estimate of drug-likeness (QED) is 0.162. The highest BCUT2D eigenvalue weighted by molar-refractivity contribution is 5.97. The van der Waals surface area contributed by atoms with E-state index in [0.29, 0.717) is 0 Å². The predicted octanol–water partition coefficient (Wildman–Crippen LogP) is -2.53. The molecule has 9 N–H and O–H groups in total. The van der Waals surface area contributed by atoms with Gasteiger partial charge in [-0.3, -0.25) is 28.8 Å². The van der Waals surface area contributed by atoms with E-state index >= 15 is 0 Å². The molecule has 0 heterocycles. The maximum Gasteiger partial charge on any atom is 0.325 e. The molecule has 0 fully saturated rings. The van der Waals surface area contributed by atoms with Crippen LogP contribution in [0.25, 0.3) is 0 Å². The first-order chi connectivity index (χ1) is 15.4. The summed E-state index contributed by atoms with van der Waals surface area (Å²) in [5.74, 6) is -6.72. The fourth-order valence-electron chi connectivity index (χ4n) is 2.68. The molecule has 1 rings (SSSR count). The zero-order valence-electron chi connectivity index (χ0n) is 17.8. The number of carbonyl (C=O) groups is 6. The van der Waals surface area contributed by atoms with Crippen molar-refractivity contribution in [2.75, 3.05) is 0 Å². The van der Waals surface area contributed by atoms with Crippen molar-refractivity contribution in [3.8, 4) is 0 Å². The standard InChI is InChI=1S/C20H27N5O8/c1-10(20(32)33)23-18(30)14(9-16(27)28)25-19(31)13(8-15(22)26)24-17(29)12(21)7-11-5-3-2-4-6-11/h2-6,10,12-14H,7-9,21H2,1H3,(H2,22,26)(H,23,30)(H,24,29)(H,25,31)(H,27,28)(H,32,33). The summed E-state index contributed by atoms with van der Waals surface area (Å²) in [6.07, 6.45) is -1.40. The number of amides is 4. The first-order valence-electron chi connectivity index (χ1n) is 9.84. The first-order valence-corrected chi connectivity index (χ1v) is 9.84. The molecule has 0 saturated carbocycles. The van der Waals surface area contributed by atoms with E-state index < -0.39 is 72.6 Å². The number of carbonyl (C=O) groups excluding carboxylic acids is 4. The molecule has 0 bridgehead atoms. The summed E-state index contributed by atoms with van der Waals surface area (Å²) in [4.78, 5) is 70.8. The summed E-state index contributed by atoms with van der Waals surface area (Å²) in [5.41, 5.74) is 11.8. The van der Waals surface area contributed by atoms with E-state index in [9.17, 15) is 28.8 Å². The number of hydrogen-bond donors (Lipinski definition) is 7. The number of nitrogens with one attached hydrogen (secondary N) is 3. The molecule has 0 spiro atoms. The molecule has 1 aromatic rings. The third kappa shape index (κ3) is 9.78. The summed E-state index contributed by atoms with van der Waals surface area (Å²) in [6, 6.07) is 3.11. The number of carboxylic acids is 2. The predicted molar refractivity (Wildman–Crippen MR) is 113 cm³/mol. The van der Waals surface area contributed by atoms with Crippen LogP contribution in [-0.4, -0.2) is 69.9 Å². The minimum absolute atomic E-state index is 0.134. The van der Waals surface area contributed by atoms with Crippen LogP contribution in [0.5, 0.6) is 0 Å². The number of aliphatic carboxylic acids is 2. The van der Waals surface area contributed by atoms with E-state index in [1.165, 1.54) is 0 Å². The van der Waals surface area contributed by atoms with E-state index in [4.69, 9.17) is 21.7 Å². The summed E-state index contributed by atoms with van der Waals surface area (Å²) < 4.78 is 0. The van der Waals surface area contributed by atoms with Crippen LogP contribution in [0.2, 0.25) is 0 Å². The maximum absolute atomic E-state index is 12.6. The van der Waals surface area contributed by atoms with E-state index in [1.807, 2.05) is 5.32 Å². The summed E-state index contributed by atoms with van der Waals surface area (Å²) in [6.45, 7) is 1.14. The van der Waals surface area contributed by atoms with Gasteiger partial charge in [-0.1, -0.05) is 30.3 Å². The average molecular weight is 465 g/mol. The van der Waals surface area contributed by atoms with Crippen molar-refractivity contribution < 1.29 is 39.0 Å². The Morgan fingerprint density at radius 1 is 0.848 bits per heavy atom. The van der Waals surface area contributed by atoms with Gasteiger partial charge in [0, 0.05) is 0 Å². The number of hydrogen-bond acceptors (Lipinski definition) is 7. The topological polar surface area (TPSA) is 231 Å². The van der Waals surface area contributed by atoms with Gasteiger partial charge >= 0.3 is 11.9 Å². The molecule has 180 valence electrons. The Morgan fingerprint density at radius 3 is 1.88 bits per heavy atom. The van der Waals surface area contributed by atoms with Crippen LogP contribution in [0.15, 0.2) is 30.3 Å². The molecule has 0 aliphatic rings. The Balaban J connectivity index is 2.92. The fourth-order valence-corrected chi connectivity index (χ4v) is 2.68. The summed E-state index contributed by atoms with van der Waals surface area (Å²) in [7, 11) is 0. The Bertz CT molecular complexity index is 892. The summed E-state index contributed by atoms with van der Waals surface area (Å²) >= 11 is 0. The number of carboxylic acid groups (broad SMARTS) is 2.